The Morgan fingerprint density at radius 1 is 1.33 bits per heavy atom. The molecule has 0 aliphatic heterocycles. The normalized spacial score (nSPS) is 10.1. The maximum Gasteiger partial charge on any atom is 0.341 e. The van der Waals surface area contributed by atoms with Crippen molar-refractivity contribution in [2.24, 2.45) is 0 Å². The molecule has 0 amide bonds. The number of hydrogen-bond acceptors (Lipinski definition) is 3. The third-order valence-electron chi connectivity index (χ3n) is 2.24. The molecule has 2 aromatic rings. The van der Waals surface area contributed by atoms with Crippen LogP contribution in [0.4, 0.5) is 0 Å². The van der Waals surface area contributed by atoms with Gasteiger partial charge < -0.3 is 4.74 Å². The molecule has 0 unspecified atom stereocenters. The second-order valence-electron chi connectivity index (χ2n) is 3.55. The summed E-state index contributed by atoms with van der Waals surface area (Å²) in [6.45, 7) is 0.198. The van der Waals surface area contributed by atoms with Gasteiger partial charge in [-0.1, -0.05) is 39.7 Å². The first-order chi connectivity index (χ1) is 8.66. The van der Waals surface area contributed by atoms with Crippen molar-refractivity contribution in [1.29, 1.82) is 0 Å². The Kier molecular flexibility index (Phi) is 4.33. The van der Waals surface area contributed by atoms with Gasteiger partial charge in [-0.15, -0.1) is 0 Å². The highest BCUT2D eigenvalue weighted by atomic mass is 79.9. The maximum atomic E-state index is 11.8. The first kappa shape index (κ1) is 13.1. The third kappa shape index (κ3) is 3.31. The fourth-order valence-corrected chi connectivity index (χ4v) is 2.03. The highest BCUT2D eigenvalue weighted by Gasteiger charge is 2.12. The molecule has 18 heavy (non-hydrogen) atoms. The van der Waals surface area contributed by atoms with Crippen LogP contribution in [-0.2, 0) is 11.3 Å². The van der Waals surface area contributed by atoms with Crippen molar-refractivity contribution in [3.63, 3.8) is 0 Å². The van der Waals surface area contributed by atoms with Crippen molar-refractivity contribution >= 4 is 33.5 Å². The summed E-state index contributed by atoms with van der Waals surface area (Å²) in [5, 5.41) is 0.150. The molecule has 1 aromatic heterocycles. The van der Waals surface area contributed by atoms with Gasteiger partial charge in [0.25, 0.3) is 0 Å². The lowest BCUT2D eigenvalue weighted by atomic mass is 10.2. The number of hydrogen-bond donors (Lipinski definition) is 0. The minimum Gasteiger partial charge on any atom is -0.457 e. The number of pyridine rings is 1. The smallest absolute Gasteiger partial charge is 0.341 e. The zero-order chi connectivity index (χ0) is 13.0. The molecule has 1 aromatic carbocycles. The number of ether oxygens (including phenoxy) is 1. The lowest BCUT2D eigenvalue weighted by molar-refractivity contribution is 0.0472. The van der Waals surface area contributed by atoms with Crippen molar-refractivity contribution in [2.45, 2.75) is 6.61 Å². The Morgan fingerprint density at radius 3 is 2.89 bits per heavy atom. The van der Waals surface area contributed by atoms with Crippen molar-refractivity contribution in [3.8, 4) is 0 Å². The summed E-state index contributed by atoms with van der Waals surface area (Å²) in [4.78, 5) is 15.6. The fourth-order valence-electron chi connectivity index (χ4n) is 1.39. The lowest BCUT2D eigenvalue weighted by Crippen LogP contribution is -2.06. The molecule has 0 radical (unpaired) electrons. The average Bonchev–Trinajstić information content (AvgIpc) is 2.37. The molecular weight excluding hydrogens is 318 g/mol. The number of esters is 1. The van der Waals surface area contributed by atoms with Gasteiger partial charge in [0, 0.05) is 10.7 Å². The van der Waals surface area contributed by atoms with E-state index in [0.717, 1.165) is 10.0 Å². The third-order valence-corrected chi connectivity index (χ3v) is 3.03. The van der Waals surface area contributed by atoms with Crippen LogP contribution in [0.5, 0.6) is 0 Å². The van der Waals surface area contributed by atoms with Crippen LogP contribution in [-0.4, -0.2) is 11.0 Å². The molecule has 0 saturated heterocycles. The van der Waals surface area contributed by atoms with Crippen LogP contribution >= 0.6 is 27.5 Å². The van der Waals surface area contributed by atoms with Crippen LogP contribution in [0, 0.1) is 0 Å². The lowest BCUT2D eigenvalue weighted by Gasteiger charge is -2.06. The van der Waals surface area contributed by atoms with Gasteiger partial charge in [0.1, 0.15) is 11.8 Å². The molecule has 0 aliphatic rings. The molecule has 2 rings (SSSR count). The molecule has 0 N–H and O–H groups in total. The molecule has 92 valence electrons. The predicted molar refractivity (Wildman–Crippen MR) is 72.5 cm³/mol. The van der Waals surface area contributed by atoms with Crippen molar-refractivity contribution in [2.75, 3.05) is 0 Å². The Labute approximate surface area is 118 Å². The summed E-state index contributed by atoms with van der Waals surface area (Å²) in [6.07, 6.45) is 1.52. The minimum absolute atomic E-state index is 0.150. The van der Waals surface area contributed by atoms with Gasteiger partial charge in [0.2, 0.25) is 0 Å². The van der Waals surface area contributed by atoms with E-state index < -0.39 is 5.97 Å². The predicted octanol–water partition coefficient (Wildman–Crippen LogP) is 3.85. The van der Waals surface area contributed by atoms with Gasteiger partial charge in [-0.2, -0.15) is 0 Å². The fraction of sp³-hybridized carbons (Fsp3) is 0.0769. The largest absolute Gasteiger partial charge is 0.457 e. The van der Waals surface area contributed by atoms with Crippen LogP contribution in [0.2, 0.25) is 5.15 Å². The van der Waals surface area contributed by atoms with Gasteiger partial charge in [0.05, 0.1) is 5.56 Å². The number of rotatable bonds is 3. The second-order valence-corrected chi connectivity index (χ2v) is 4.82. The van der Waals surface area contributed by atoms with E-state index in [1.807, 2.05) is 24.3 Å². The van der Waals surface area contributed by atoms with Gasteiger partial charge in [0.15, 0.2) is 0 Å². The van der Waals surface area contributed by atoms with Crippen LogP contribution in [0.25, 0.3) is 0 Å². The summed E-state index contributed by atoms with van der Waals surface area (Å²) in [5.74, 6) is -0.479. The first-order valence-electron chi connectivity index (χ1n) is 5.19. The van der Waals surface area contributed by atoms with E-state index in [1.165, 1.54) is 6.20 Å². The maximum absolute atomic E-state index is 11.8. The molecule has 0 atom stereocenters. The number of nitrogens with zero attached hydrogens (tertiary/aromatic N) is 1. The van der Waals surface area contributed by atoms with E-state index in [1.54, 1.807) is 12.1 Å². The molecule has 0 saturated carbocycles. The summed E-state index contributed by atoms with van der Waals surface area (Å²) in [5.41, 5.74) is 1.17. The molecule has 3 nitrogen and oxygen atoms in total. The minimum atomic E-state index is -0.479. The van der Waals surface area contributed by atoms with E-state index in [-0.39, 0.29) is 17.3 Å². The molecule has 0 spiro atoms. The zero-order valence-corrected chi connectivity index (χ0v) is 11.6. The van der Waals surface area contributed by atoms with Gasteiger partial charge in [-0.05, 0) is 29.8 Å². The number of aromatic nitrogens is 1. The molecule has 0 fully saturated rings. The van der Waals surface area contributed by atoms with E-state index in [2.05, 4.69) is 20.9 Å². The Morgan fingerprint density at radius 2 is 2.17 bits per heavy atom. The van der Waals surface area contributed by atoms with Crippen LogP contribution in [0.3, 0.4) is 0 Å². The molecule has 1 heterocycles. The van der Waals surface area contributed by atoms with Crippen LogP contribution < -0.4 is 0 Å². The summed E-state index contributed by atoms with van der Waals surface area (Å²) in [6, 6.07) is 10.8. The molecule has 5 heteroatoms. The van der Waals surface area contributed by atoms with Crippen LogP contribution in [0.1, 0.15) is 15.9 Å². The van der Waals surface area contributed by atoms with E-state index in [4.69, 9.17) is 16.3 Å². The van der Waals surface area contributed by atoms with Crippen molar-refractivity contribution in [1.82, 2.24) is 4.98 Å². The Bertz CT molecular complexity index is 574. The van der Waals surface area contributed by atoms with E-state index >= 15 is 0 Å². The summed E-state index contributed by atoms with van der Waals surface area (Å²) < 4.78 is 6.11. The highest BCUT2D eigenvalue weighted by Crippen LogP contribution is 2.15. The van der Waals surface area contributed by atoms with Gasteiger partial charge in [-0.25, -0.2) is 9.78 Å². The molecule has 0 bridgehead atoms. The highest BCUT2D eigenvalue weighted by molar-refractivity contribution is 9.10. The van der Waals surface area contributed by atoms with E-state index in [0.29, 0.717) is 0 Å². The first-order valence-corrected chi connectivity index (χ1v) is 6.36. The molecule has 0 aliphatic carbocycles. The SMILES string of the molecule is O=C(OCc1cccc(Br)c1)c1cccnc1Cl. The topological polar surface area (TPSA) is 39.2 Å². The number of benzene rings is 1. The van der Waals surface area contributed by atoms with Gasteiger partial charge in [-0.3, -0.25) is 0 Å². The second kappa shape index (κ2) is 5.98. The monoisotopic (exact) mass is 325 g/mol. The zero-order valence-electron chi connectivity index (χ0n) is 9.27. The van der Waals surface area contributed by atoms with Crippen LogP contribution in [0.15, 0.2) is 47.1 Å². The van der Waals surface area contributed by atoms with Crippen molar-refractivity contribution < 1.29 is 9.53 Å². The summed E-state index contributed by atoms with van der Waals surface area (Å²) >= 11 is 9.16. The molecular formula is C13H9BrClNO2. The standard InChI is InChI=1S/C13H9BrClNO2/c14-10-4-1-3-9(7-10)8-18-13(17)11-5-2-6-16-12(11)15/h1-7H,8H2. The van der Waals surface area contributed by atoms with Crippen molar-refractivity contribution in [3.05, 3.63) is 63.3 Å². The van der Waals surface area contributed by atoms with E-state index in [9.17, 15) is 4.79 Å². The Hall–Kier alpha value is -1.39. The van der Waals surface area contributed by atoms with Gasteiger partial charge >= 0.3 is 5.97 Å². The number of carbonyl (C=O) groups excluding carboxylic acids is 1. The summed E-state index contributed by atoms with van der Waals surface area (Å²) in [7, 11) is 0. The number of halogens is 2. The Balaban J connectivity index is 2.03. The quantitative estimate of drug-likeness (QED) is 0.635. The number of carbonyl (C=O) groups is 1. The average molecular weight is 327 g/mol.